The molecule has 0 aliphatic carbocycles. The van der Waals surface area contributed by atoms with Gasteiger partial charge in [-0.15, -0.1) is 0 Å². The predicted molar refractivity (Wildman–Crippen MR) is 260 cm³/mol. The summed E-state index contributed by atoms with van der Waals surface area (Å²) in [6.07, 6.45) is 5.34. The standard InChI is InChI=1S/4C13H12N2O3.2Rh/c4*16-11-10(6-3-7-14-11)15-12(17)8-4-1-2-5-9(8)13(15)18;;/h4*1-2,4-5,10H,3,6-7H2,(H,14,16);;/t4*10-;;/m0000../s1. The van der Waals surface area contributed by atoms with Crippen LogP contribution in [0.1, 0.15) is 134 Å². The Hall–Kier alpha value is -7.43. The molecule has 0 fully saturated rings. The number of nitrogens with zero attached hydrogens (tertiary/aromatic N) is 8. The van der Waals surface area contributed by atoms with Gasteiger partial charge in [0.05, 0.1) is 44.5 Å². The molecule has 4 aromatic rings. The van der Waals surface area contributed by atoms with E-state index in [9.17, 15) is 58.8 Å². The van der Waals surface area contributed by atoms with E-state index in [-0.39, 0.29) is 110 Å². The third-order valence-corrected chi connectivity index (χ3v) is 13.4. The molecule has 8 aliphatic rings. The van der Waals surface area contributed by atoms with Gasteiger partial charge in [0.15, 0.2) is 0 Å². The largest absolute Gasteiger partial charge is 0.495 e. The zero-order valence-electron chi connectivity index (χ0n) is 39.3. The molecule has 0 saturated heterocycles. The topological polar surface area (TPSA) is 280 Å². The van der Waals surface area contributed by atoms with Crippen LogP contribution in [0.25, 0.3) is 0 Å². The Labute approximate surface area is 449 Å². The number of fused-ring (bicyclic) bond motifs is 4. The van der Waals surface area contributed by atoms with Crippen molar-refractivity contribution in [2.45, 2.75) is 75.5 Å². The number of amides is 8. The van der Waals surface area contributed by atoms with E-state index < -0.39 is 24.2 Å². The van der Waals surface area contributed by atoms with Gasteiger partial charge >= 0.3 is 0 Å². The Kier molecular flexibility index (Phi) is 17.0. The van der Waals surface area contributed by atoms with E-state index in [1.165, 1.54) is 0 Å². The van der Waals surface area contributed by atoms with Crippen LogP contribution in [-0.4, -0.2) is 161 Å². The van der Waals surface area contributed by atoms with Crippen molar-refractivity contribution in [2.75, 3.05) is 26.2 Å². The fourth-order valence-corrected chi connectivity index (χ4v) is 9.79. The van der Waals surface area contributed by atoms with E-state index in [0.717, 1.165) is 45.3 Å². The second kappa shape index (κ2) is 23.2. The number of aliphatic hydroxyl groups excluding tert-OH is 4. The quantitative estimate of drug-likeness (QED) is 0.144. The third kappa shape index (κ3) is 10.1. The van der Waals surface area contributed by atoms with Crippen molar-refractivity contribution < 1.29 is 97.7 Å². The van der Waals surface area contributed by atoms with Crippen LogP contribution in [-0.2, 0) is 39.0 Å². The summed E-state index contributed by atoms with van der Waals surface area (Å²) in [6, 6.07) is 24.4. The Morgan fingerprint density at radius 1 is 0.297 bits per heavy atom. The molecule has 74 heavy (non-hydrogen) atoms. The molecule has 0 aromatic heterocycles. The Morgan fingerprint density at radius 3 is 0.581 bits per heavy atom. The summed E-state index contributed by atoms with van der Waals surface area (Å²) in [6.45, 7) is 2.19. The van der Waals surface area contributed by atoms with E-state index in [1.54, 1.807) is 97.1 Å². The Balaban J connectivity index is 0.000000143. The minimum Gasteiger partial charge on any atom is -0.495 e. The first-order valence-corrected chi connectivity index (χ1v) is 23.6. The van der Waals surface area contributed by atoms with Crippen molar-refractivity contribution in [1.29, 1.82) is 0 Å². The number of benzene rings is 4. The number of hydrogen-bond donors (Lipinski definition) is 4. The predicted octanol–water partition coefficient (Wildman–Crippen LogP) is 5.60. The van der Waals surface area contributed by atoms with Crippen molar-refractivity contribution >= 4 is 70.8 Å². The summed E-state index contributed by atoms with van der Waals surface area (Å²) < 4.78 is 0. The van der Waals surface area contributed by atoms with Crippen LogP contribution in [0.3, 0.4) is 0 Å². The van der Waals surface area contributed by atoms with Gasteiger partial charge in [0, 0.05) is 65.1 Å². The van der Waals surface area contributed by atoms with Crippen LogP contribution in [0.5, 0.6) is 0 Å². The zero-order chi connectivity index (χ0) is 50.8. The van der Waals surface area contributed by atoms with Gasteiger partial charge in [-0.05, 0) is 99.9 Å². The number of rotatable bonds is 4. The van der Waals surface area contributed by atoms with Gasteiger partial charge < -0.3 is 20.4 Å². The molecular formula is C52H48N8O12Rh2. The van der Waals surface area contributed by atoms with Crippen molar-refractivity contribution in [1.82, 2.24) is 19.6 Å². The molecule has 0 spiro atoms. The second-order valence-electron chi connectivity index (χ2n) is 17.7. The van der Waals surface area contributed by atoms with Gasteiger partial charge in [-0.25, -0.2) is 0 Å². The van der Waals surface area contributed by atoms with Gasteiger partial charge in [0.25, 0.3) is 47.3 Å². The normalized spacial score (nSPS) is 22.4. The van der Waals surface area contributed by atoms with Gasteiger partial charge in [-0.3, -0.25) is 77.9 Å². The monoisotopic (exact) mass is 1180 g/mol. The zero-order valence-corrected chi connectivity index (χ0v) is 42.6. The summed E-state index contributed by atoms with van der Waals surface area (Å²) in [4.78, 5) is 118. The Bertz CT molecular complexity index is 2540. The summed E-state index contributed by atoms with van der Waals surface area (Å²) in [5.41, 5.74) is 3.23. The SMILES string of the molecule is O=C1c2ccccc2C(=O)N1[C@H]1CCCN=C1O.O=C1c2ccccc2C(=O)N1[C@H]1CCCN=C1O.O=C1c2ccccc2C(=O)N1[C@H]1CCCN=C1O.O=C1c2ccccc2C(=O)N1[C@H]1CCCN=C1O.[Rh].[Rh]. The van der Waals surface area contributed by atoms with Crippen LogP contribution in [0.4, 0.5) is 0 Å². The molecule has 8 heterocycles. The Morgan fingerprint density at radius 2 is 0.446 bits per heavy atom. The molecule has 0 saturated carbocycles. The number of carbonyl (C=O) groups is 8. The first-order chi connectivity index (χ1) is 34.8. The van der Waals surface area contributed by atoms with Crippen LogP contribution in [0.15, 0.2) is 117 Å². The molecule has 0 unspecified atom stereocenters. The molecule has 4 N–H and O–H groups in total. The van der Waals surface area contributed by atoms with Crippen molar-refractivity contribution in [3.8, 4) is 0 Å². The molecular weight excluding hydrogens is 1130 g/mol. The molecule has 8 amide bonds. The number of imide groups is 4. The van der Waals surface area contributed by atoms with E-state index in [2.05, 4.69) is 20.0 Å². The van der Waals surface area contributed by atoms with Crippen molar-refractivity contribution in [2.24, 2.45) is 20.0 Å². The second-order valence-corrected chi connectivity index (χ2v) is 17.7. The molecule has 4 aromatic carbocycles. The van der Waals surface area contributed by atoms with Crippen LogP contribution >= 0.6 is 0 Å². The summed E-state index contributed by atoms with van der Waals surface area (Å²) >= 11 is 0. The van der Waals surface area contributed by atoms with E-state index in [0.29, 0.717) is 96.4 Å². The van der Waals surface area contributed by atoms with Gasteiger partial charge in [0.2, 0.25) is 23.6 Å². The molecule has 12 rings (SSSR count). The van der Waals surface area contributed by atoms with Gasteiger partial charge in [-0.2, -0.15) is 0 Å². The fraction of sp³-hybridized carbons (Fsp3) is 0.308. The number of aliphatic hydroxyl groups is 4. The van der Waals surface area contributed by atoms with Crippen molar-refractivity contribution in [3.05, 3.63) is 142 Å². The molecule has 0 bridgehead atoms. The first kappa shape index (κ1) is 54.3. The molecule has 386 valence electrons. The van der Waals surface area contributed by atoms with Gasteiger partial charge in [0.1, 0.15) is 24.2 Å². The summed E-state index contributed by atoms with van der Waals surface area (Å²) in [7, 11) is 0. The first-order valence-electron chi connectivity index (χ1n) is 23.6. The number of aliphatic imine (C=N–C) groups is 4. The fourth-order valence-electron chi connectivity index (χ4n) is 9.79. The summed E-state index contributed by atoms with van der Waals surface area (Å²) in [5, 5.41) is 39.0. The number of carbonyl (C=O) groups excluding carboxylic acids is 8. The van der Waals surface area contributed by atoms with E-state index >= 15 is 0 Å². The molecule has 20 nitrogen and oxygen atoms in total. The molecule has 2 radical (unpaired) electrons. The average Bonchev–Trinajstić information content (AvgIpc) is 4.01. The smallest absolute Gasteiger partial charge is 0.262 e. The summed E-state index contributed by atoms with van der Waals surface area (Å²) in [5.74, 6) is -3.21. The van der Waals surface area contributed by atoms with Crippen molar-refractivity contribution in [3.63, 3.8) is 0 Å². The minimum atomic E-state index is -0.605. The average molecular weight is 1180 g/mol. The third-order valence-electron chi connectivity index (χ3n) is 13.4. The molecule has 4 atom stereocenters. The number of hydrogen-bond acceptors (Lipinski definition) is 12. The van der Waals surface area contributed by atoms with Crippen LogP contribution in [0.2, 0.25) is 0 Å². The molecule has 22 heteroatoms. The van der Waals surface area contributed by atoms with Gasteiger partial charge in [-0.1, -0.05) is 48.5 Å². The minimum absolute atomic E-state index is 0. The maximum atomic E-state index is 12.2. The maximum Gasteiger partial charge on any atom is 0.262 e. The van der Waals surface area contributed by atoms with E-state index in [1.807, 2.05) is 0 Å². The molecule has 8 aliphatic heterocycles. The van der Waals surface area contributed by atoms with Crippen LogP contribution in [0, 0.1) is 0 Å². The van der Waals surface area contributed by atoms with Crippen LogP contribution < -0.4 is 0 Å². The maximum absolute atomic E-state index is 12.2. The van der Waals surface area contributed by atoms with E-state index in [4.69, 9.17) is 0 Å².